The fraction of sp³-hybridized carbons (Fsp3) is 0.667. The van der Waals surface area contributed by atoms with Gasteiger partial charge in [-0.3, -0.25) is 0 Å². The van der Waals surface area contributed by atoms with Gasteiger partial charge in [0.2, 0.25) is 0 Å². The molecule has 0 saturated heterocycles. The van der Waals surface area contributed by atoms with Crippen LogP contribution in [-0.4, -0.2) is 19.2 Å². The van der Waals surface area contributed by atoms with Crippen molar-refractivity contribution in [2.45, 2.75) is 59.1 Å². The minimum atomic E-state index is 0.277. The van der Waals surface area contributed by atoms with E-state index in [0.717, 1.165) is 18.1 Å². The Bertz CT molecular complexity index is 435. The molecule has 3 atom stereocenters. The Morgan fingerprint density at radius 2 is 1.85 bits per heavy atom. The van der Waals surface area contributed by atoms with Gasteiger partial charge in [-0.15, -0.1) is 0 Å². The molecule has 0 radical (unpaired) electrons. The molecule has 3 unspecified atom stereocenters. The third-order valence-corrected chi connectivity index (χ3v) is 4.76. The predicted octanol–water partition coefficient (Wildman–Crippen LogP) is 4.18. The monoisotopic (exact) mass is 275 g/mol. The molecule has 2 rings (SSSR count). The van der Waals surface area contributed by atoms with Crippen LogP contribution in [0.5, 0.6) is 5.75 Å². The van der Waals surface area contributed by atoms with Gasteiger partial charge < -0.3 is 10.1 Å². The zero-order valence-corrected chi connectivity index (χ0v) is 13.6. The number of hydrogen-bond donors (Lipinski definition) is 1. The molecule has 2 heteroatoms. The molecule has 20 heavy (non-hydrogen) atoms. The van der Waals surface area contributed by atoms with Crippen LogP contribution in [0.1, 0.15) is 45.6 Å². The van der Waals surface area contributed by atoms with Gasteiger partial charge in [-0.1, -0.05) is 39.0 Å². The fourth-order valence-corrected chi connectivity index (χ4v) is 3.23. The lowest BCUT2D eigenvalue weighted by molar-refractivity contribution is 0.0492. The second kappa shape index (κ2) is 6.17. The summed E-state index contributed by atoms with van der Waals surface area (Å²) in [7, 11) is 2.05. The molecule has 0 aromatic heterocycles. The third-order valence-electron chi connectivity index (χ3n) is 4.76. The lowest BCUT2D eigenvalue weighted by Gasteiger charge is -2.41. The van der Waals surface area contributed by atoms with E-state index in [2.05, 4.69) is 64.3 Å². The molecular weight excluding hydrogens is 246 g/mol. The van der Waals surface area contributed by atoms with Crippen molar-refractivity contribution in [2.24, 2.45) is 11.3 Å². The molecule has 0 spiro atoms. The first kappa shape index (κ1) is 15.4. The van der Waals surface area contributed by atoms with Crippen LogP contribution in [0.4, 0.5) is 0 Å². The van der Waals surface area contributed by atoms with E-state index < -0.39 is 0 Å². The van der Waals surface area contributed by atoms with Gasteiger partial charge in [0.05, 0.1) is 0 Å². The lowest BCUT2D eigenvalue weighted by atomic mass is 9.70. The lowest BCUT2D eigenvalue weighted by Crippen LogP contribution is -2.47. The molecule has 1 aromatic rings. The van der Waals surface area contributed by atoms with Crippen LogP contribution in [-0.2, 0) is 0 Å². The van der Waals surface area contributed by atoms with E-state index in [1.54, 1.807) is 0 Å². The number of benzene rings is 1. The topological polar surface area (TPSA) is 21.3 Å². The van der Waals surface area contributed by atoms with E-state index in [4.69, 9.17) is 4.74 Å². The Morgan fingerprint density at radius 1 is 1.15 bits per heavy atom. The predicted molar refractivity (Wildman–Crippen MR) is 85.2 cm³/mol. The van der Waals surface area contributed by atoms with Crippen molar-refractivity contribution in [2.75, 3.05) is 7.05 Å². The first-order valence-electron chi connectivity index (χ1n) is 7.81. The van der Waals surface area contributed by atoms with E-state index in [0.29, 0.717) is 11.5 Å². The molecule has 1 fully saturated rings. The standard InChI is InChI=1S/C18H29NO/c1-13-8-6-7-9-16(13)20-17-12-14(18(2,3)4)10-11-15(17)19-5/h6-9,14-15,17,19H,10-12H2,1-5H3. The van der Waals surface area contributed by atoms with Crippen LogP contribution < -0.4 is 10.1 Å². The van der Waals surface area contributed by atoms with E-state index in [1.165, 1.54) is 18.4 Å². The molecule has 0 aliphatic heterocycles. The molecule has 112 valence electrons. The van der Waals surface area contributed by atoms with Gasteiger partial charge in [-0.25, -0.2) is 0 Å². The largest absolute Gasteiger partial charge is 0.489 e. The van der Waals surface area contributed by atoms with E-state index in [-0.39, 0.29) is 6.10 Å². The van der Waals surface area contributed by atoms with Gasteiger partial charge in [0.15, 0.2) is 0 Å². The SMILES string of the molecule is CNC1CCC(C(C)(C)C)CC1Oc1ccccc1C. The highest BCUT2D eigenvalue weighted by molar-refractivity contribution is 5.32. The van der Waals surface area contributed by atoms with Crippen LogP contribution in [0.3, 0.4) is 0 Å². The Hall–Kier alpha value is -1.02. The molecule has 1 aliphatic rings. The number of rotatable bonds is 3. The van der Waals surface area contributed by atoms with E-state index in [1.807, 2.05) is 0 Å². The van der Waals surface area contributed by atoms with Crippen molar-refractivity contribution in [1.29, 1.82) is 0 Å². The van der Waals surface area contributed by atoms with Crippen LogP contribution >= 0.6 is 0 Å². The minimum Gasteiger partial charge on any atom is -0.489 e. The number of ether oxygens (including phenoxy) is 1. The van der Waals surface area contributed by atoms with Crippen molar-refractivity contribution in [1.82, 2.24) is 5.32 Å². The second-order valence-electron chi connectivity index (χ2n) is 7.19. The first-order valence-corrected chi connectivity index (χ1v) is 7.81. The highest BCUT2D eigenvalue weighted by atomic mass is 16.5. The molecule has 1 N–H and O–H groups in total. The third kappa shape index (κ3) is 3.54. The fourth-order valence-electron chi connectivity index (χ4n) is 3.23. The van der Waals surface area contributed by atoms with Crippen molar-refractivity contribution in [3.8, 4) is 5.75 Å². The minimum absolute atomic E-state index is 0.277. The Morgan fingerprint density at radius 3 is 2.45 bits per heavy atom. The smallest absolute Gasteiger partial charge is 0.122 e. The number of likely N-dealkylation sites (N-methyl/N-ethyl adjacent to an activating group) is 1. The maximum atomic E-state index is 6.35. The van der Waals surface area contributed by atoms with Crippen molar-refractivity contribution in [3.05, 3.63) is 29.8 Å². The van der Waals surface area contributed by atoms with Gasteiger partial charge in [-0.2, -0.15) is 0 Å². The summed E-state index contributed by atoms with van der Waals surface area (Å²) in [4.78, 5) is 0. The summed E-state index contributed by atoms with van der Waals surface area (Å²) in [5.41, 5.74) is 1.59. The van der Waals surface area contributed by atoms with Gasteiger partial charge in [0.1, 0.15) is 11.9 Å². The van der Waals surface area contributed by atoms with Gasteiger partial charge in [-0.05, 0) is 56.2 Å². The van der Waals surface area contributed by atoms with Gasteiger partial charge in [0, 0.05) is 6.04 Å². The van der Waals surface area contributed by atoms with Gasteiger partial charge in [0.25, 0.3) is 0 Å². The average Bonchev–Trinajstić information content (AvgIpc) is 2.40. The summed E-state index contributed by atoms with van der Waals surface area (Å²) >= 11 is 0. The maximum absolute atomic E-state index is 6.35. The van der Waals surface area contributed by atoms with Crippen LogP contribution in [0.25, 0.3) is 0 Å². The number of nitrogens with one attached hydrogen (secondary N) is 1. The number of hydrogen-bond acceptors (Lipinski definition) is 2. The molecule has 1 aliphatic carbocycles. The highest BCUT2D eigenvalue weighted by Gasteiger charge is 2.36. The summed E-state index contributed by atoms with van der Waals surface area (Å²) in [5.74, 6) is 1.77. The summed E-state index contributed by atoms with van der Waals surface area (Å²) in [6.07, 6.45) is 3.92. The Labute approximate surface area is 123 Å². The molecule has 2 nitrogen and oxygen atoms in total. The van der Waals surface area contributed by atoms with E-state index >= 15 is 0 Å². The van der Waals surface area contributed by atoms with Gasteiger partial charge >= 0.3 is 0 Å². The maximum Gasteiger partial charge on any atom is 0.122 e. The normalized spacial score (nSPS) is 27.4. The second-order valence-corrected chi connectivity index (χ2v) is 7.19. The van der Waals surface area contributed by atoms with Crippen molar-refractivity contribution in [3.63, 3.8) is 0 Å². The Kier molecular flexibility index (Phi) is 4.74. The summed E-state index contributed by atoms with van der Waals surface area (Å²) in [6, 6.07) is 8.79. The number of para-hydroxylation sites is 1. The zero-order valence-electron chi connectivity index (χ0n) is 13.6. The molecule has 1 saturated carbocycles. The van der Waals surface area contributed by atoms with Crippen LogP contribution in [0.15, 0.2) is 24.3 Å². The van der Waals surface area contributed by atoms with Crippen molar-refractivity contribution < 1.29 is 4.74 Å². The summed E-state index contributed by atoms with van der Waals surface area (Å²) in [6.45, 7) is 9.17. The quantitative estimate of drug-likeness (QED) is 0.893. The Balaban J connectivity index is 2.12. The van der Waals surface area contributed by atoms with E-state index in [9.17, 15) is 0 Å². The molecule has 0 heterocycles. The molecule has 0 bridgehead atoms. The van der Waals surface area contributed by atoms with Crippen molar-refractivity contribution >= 4 is 0 Å². The molecule has 1 aromatic carbocycles. The first-order chi connectivity index (χ1) is 9.41. The zero-order chi connectivity index (χ0) is 14.8. The van der Waals surface area contributed by atoms with Crippen LogP contribution in [0.2, 0.25) is 0 Å². The summed E-state index contributed by atoms with van der Waals surface area (Å²) < 4.78 is 6.35. The average molecular weight is 275 g/mol. The molecular formula is C18H29NO. The summed E-state index contributed by atoms with van der Waals surface area (Å²) in [5, 5.41) is 3.44. The van der Waals surface area contributed by atoms with Crippen LogP contribution in [0, 0.1) is 18.3 Å². The number of aryl methyl sites for hydroxylation is 1. The highest BCUT2D eigenvalue weighted by Crippen LogP contribution is 2.39. The molecule has 0 amide bonds.